The van der Waals surface area contributed by atoms with Crippen LogP contribution in [0, 0.1) is 0 Å². The zero-order valence-electron chi connectivity index (χ0n) is 8.10. The normalized spacial score (nSPS) is 11.8. The Morgan fingerprint density at radius 3 is 1.88 bits per heavy atom. The lowest BCUT2D eigenvalue weighted by Gasteiger charge is -1.99. The van der Waals surface area contributed by atoms with Gasteiger partial charge in [-0.3, -0.25) is 0 Å². The van der Waals surface area contributed by atoms with E-state index in [1.54, 1.807) is 0 Å². The predicted octanol–water partition coefficient (Wildman–Crippen LogP) is 1.09. The Kier molecular flexibility index (Phi) is 3.22. The molecule has 0 aliphatic carbocycles. The Balaban J connectivity index is 3.30. The van der Waals surface area contributed by atoms with E-state index in [2.05, 4.69) is 9.43 Å². The summed E-state index contributed by atoms with van der Waals surface area (Å²) >= 11 is 0. The van der Waals surface area contributed by atoms with Gasteiger partial charge in [0.25, 0.3) is 10.0 Å². The van der Waals surface area contributed by atoms with Gasteiger partial charge in [-0.15, -0.1) is 0 Å². The van der Waals surface area contributed by atoms with Gasteiger partial charge < -0.3 is 0 Å². The molecule has 1 aromatic carbocycles. The second-order valence-electron chi connectivity index (χ2n) is 2.89. The van der Waals surface area contributed by atoms with Crippen LogP contribution in [0.2, 0.25) is 0 Å². The van der Waals surface area contributed by atoms with Crippen LogP contribution < -0.4 is 0 Å². The molecule has 16 heavy (non-hydrogen) atoms. The molecule has 0 radical (unpaired) electrons. The molecule has 1 rings (SSSR count). The molecule has 7 nitrogen and oxygen atoms in total. The van der Waals surface area contributed by atoms with Crippen molar-refractivity contribution < 1.29 is 16.8 Å². The second-order valence-corrected chi connectivity index (χ2v) is 6.49. The monoisotopic (exact) mass is 261 g/mol. The Morgan fingerprint density at radius 2 is 1.50 bits per heavy atom. The van der Waals surface area contributed by atoms with Gasteiger partial charge in [0.05, 0.1) is 9.79 Å². The van der Waals surface area contributed by atoms with Crippen LogP contribution in [-0.2, 0) is 19.9 Å². The molecule has 0 spiro atoms. The SMILES string of the molecule is CS(=O)(=O)c1ccc(S(=O)(=O)N=[N+]=[N-])cc1. The van der Waals surface area contributed by atoms with E-state index in [0.717, 1.165) is 30.5 Å². The van der Waals surface area contributed by atoms with Gasteiger partial charge in [-0.1, -0.05) is 0 Å². The summed E-state index contributed by atoms with van der Waals surface area (Å²) < 4.78 is 47.2. The van der Waals surface area contributed by atoms with Gasteiger partial charge in [0.1, 0.15) is 0 Å². The van der Waals surface area contributed by atoms with Gasteiger partial charge in [-0.2, -0.15) is 0 Å². The quantitative estimate of drug-likeness (QED) is 0.459. The first kappa shape index (κ1) is 12.5. The zero-order valence-corrected chi connectivity index (χ0v) is 9.73. The third kappa shape index (κ3) is 2.72. The van der Waals surface area contributed by atoms with Gasteiger partial charge in [-0.25, -0.2) is 16.8 Å². The van der Waals surface area contributed by atoms with Crippen molar-refractivity contribution in [2.75, 3.05) is 6.26 Å². The molecule has 0 N–H and O–H groups in total. The van der Waals surface area contributed by atoms with Crippen molar-refractivity contribution in [2.24, 2.45) is 4.52 Å². The largest absolute Gasteiger partial charge is 0.264 e. The van der Waals surface area contributed by atoms with Crippen molar-refractivity contribution in [1.29, 1.82) is 0 Å². The molecular formula is C7H7N3O4S2. The van der Waals surface area contributed by atoms with Gasteiger partial charge in [-0.05, 0) is 29.8 Å². The average Bonchev–Trinajstić information content (AvgIpc) is 2.16. The lowest BCUT2D eigenvalue weighted by atomic mass is 10.4. The van der Waals surface area contributed by atoms with Crippen LogP contribution in [0.4, 0.5) is 0 Å². The summed E-state index contributed by atoms with van der Waals surface area (Å²) in [4.78, 5) is 1.91. The summed E-state index contributed by atoms with van der Waals surface area (Å²) in [7, 11) is -7.43. The third-order valence-corrected chi connectivity index (χ3v) is 3.98. The first-order valence-corrected chi connectivity index (χ1v) is 7.22. The average molecular weight is 261 g/mol. The summed E-state index contributed by atoms with van der Waals surface area (Å²) in [5.41, 5.74) is 8.03. The van der Waals surface area contributed by atoms with E-state index in [4.69, 9.17) is 5.53 Å². The third-order valence-electron chi connectivity index (χ3n) is 1.69. The van der Waals surface area contributed by atoms with Crippen LogP contribution in [0.15, 0.2) is 38.6 Å². The van der Waals surface area contributed by atoms with E-state index < -0.39 is 19.9 Å². The standard InChI is InChI=1S/C7H7N3O4S2/c1-15(11,12)6-2-4-7(5-3-6)16(13,14)10-9-8/h2-5H,1H3. The number of sulfonamides is 1. The summed E-state index contributed by atoms with van der Waals surface area (Å²) in [5.74, 6) is 0. The van der Waals surface area contributed by atoms with E-state index >= 15 is 0 Å². The number of rotatable bonds is 3. The number of hydrogen-bond donors (Lipinski definition) is 0. The number of azide groups is 1. The van der Waals surface area contributed by atoms with Gasteiger partial charge >= 0.3 is 0 Å². The first-order valence-electron chi connectivity index (χ1n) is 3.89. The minimum absolute atomic E-state index is 0.00705. The van der Waals surface area contributed by atoms with Crippen molar-refractivity contribution >= 4 is 19.9 Å². The predicted molar refractivity (Wildman–Crippen MR) is 55.9 cm³/mol. The van der Waals surface area contributed by atoms with Crippen molar-refractivity contribution in [3.8, 4) is 0 Å². The Labute approximate surface area is 92.3 Å². The Morgan fingerprint density at radius 1 is 1.06 bits per heavy atom. The molecular weight excluding hydrogens is 254 g/mol. The number of hydrogen-bond acceptors (Lipinski definition) is 4. The lowest BCUT2D eigenvalue weighted by molar-refractivity contribution is 0.595. The van der Waals surface area contributed by atoms with Crippen LogP contribution in [-0.4, -0.2) is 23.1 Å². The molecule has 0 bridgehead atoms. The van der Waals surface area contributed by atoms with Crippen LogP contribution in [0.3, 0.4) is 0 Å². The van der Waals surface area contributed by atoms with Crippen LogP contribution in [0.1, 0.15) is 0 Å². The molecule has 1 aromatic rings. The summed E-state index contributed by atoms with van der Waals surface area (Å²) in [6, 6.07) is 4.41. The molecule has 0 saturated heterocycles. The minimum Gasteiger partial charge on any atom is -0.224 e. The zero-order chi connectivity index (χ0) is 12.4. The van der Waals surface area contributed by atoms with Gasteiger partial charge in [0, 0.05) is 15.7 Å². The van der Waals surface area contributed by atoms with Gasteiger partial charge in [0.15, 0.2) is 9.84 Å². The van der Waals surface area contributed by atoms with Crippen LogP contribution >= 0.6 is 0 Å². The van der Waals surface area contributed by atoms with E-state index in [-0.39, 0.29) is 9.79 Å². The van der Waals surface area contributed by atoms with Crippen molar-refractivity contribution in [3.05, 3.63) is 34.7 Å². The molecule has 0 amide bonds. The number of sulfone groups is 1. The molecule has 0 aliphatic heterocycles. The highest BCUT2D eigenvalue weighted by Gasteiger charge is 2.13. The van der Waals surface area contributed by atoms with E-state index in [9.17, 15) is 16.8 Å². The molecule has 0 heterocycles. The fourth-order valence-corrected chi connectivity index (χ4v) is 2.25. The molecule has 0 aromatic heterocycles. The highest BCUT2D eigenvalue weighted by Crippen LogP contribution is 2.16. The maximum absolute atomic E-state index is 11.2. The lowest BCUT2D eigenvalue weighted by Crippen LogP contribution is -1.99. The molecule has 9 heteroatoms. The number of benzene rings is 1. The summed E-state index contributed by atoms with van der Waals surface area (Å²) in [5, 5.41) is 0. The molecule has 0 atom stereocenters. The minimum atomic E-state index is -4.06. The highest BCUT2D eigenvalue weighted by atomic mass is 32.2. The van der Waals surface area contributed by atoms with E-state index in [1.807, 2.05) is 0 Å². The van der Waals surface area contributed by atoms with Crippen molar-refractivity contribution in [2.45, 2.75) is 9.79 Å². The molecule has 0 fully saturated rings. The topological polar surface area (TPSA) is 117 Å². The van der Waals surface area contributed by atoms with Crippen molar-refractivity contribution in [1.82, 2.24) is 0 Å². The molecule has 0 saturated carbocycles. The fourth-order valence-electron chi connectivity index (χ4n) is 0.954. The smallest absolute Gasteiger partial charge is 0.224 e. The van der Waals surface area contributed by atoms with Crippen LogP contribution in [0.5, 0.6) is 0 Å². The van der Waals surface area contributed by atoms with Crippen molar-refractivity contribution in [3.63, 3.8) is 0 Å². The molecule has 86 valence electrons. The van der Waals surface area contributed by atoms with E-state index in [0.29, 0.717) is 0 Å². The fraction of sp³-hybridized carbons (Fsp3) is 0.143. The molecule has 0 unspecified atom stereocenters. The summed E-state index contributed by atoms with van der Waals surface area (Å²) in [6.07, 6.45) is 1.00. The highest BCUT2D eigenvalue weighted by molar-refractivity contribution is 7.91. The Hall–Kier alpha value is -1.57. The second kappa shape index (κ2) is 4.12. The summed E-state index contributed by atoms with van der Waals surface area (Å²) in [6.45, 7) is 0. The van der Waals surface area contributed by atoms with Gasteiger partial charge in [0.2, 0.25) is 0 Å². The molecule has 0 aliphatic rings. The maximum Gasteiger partial charge on any atom is 0.264 e. The first-order chi connectivity index (χ1) is 7.27. The Bertz CT molecular complexity index is 639. The van der Waals surface area contributed by atoms with E-state index in [1.165, 1.54) is 0 Å². The number of nitrogens with zero attached hydrogens (tertiary/aromatic N) is 3. The van der Waals surface area contributed by atoms with Crippen LogP contribution in [0.25, 0.3) is 10.4 Å². The maximum atomic E-state index is 11.2.